The van der Waals surface area contributed by atoms with E-state index in [1.807, 2.05) is 0 Å². The predicted octanol–water partition coefficient (Wildman–Crippen LogP) is 1.13. The van der Waals surface area contributed by atoms with E-state index in [0.29, 0.717) is 37.3 Å². The number of ether oxygens (including phenoxy) is 2. The highest BCUT2D eigenvalue weighted by Crippen LogP contribution is 2.31. The number of aromatic nitrogens is 2. The van der Waals surface area contributed by atoms with Gasteiger partial charge >= 0.3 is 6.09 Å². The number of carboxylic acid groups (broad SMARTS) is 1. The third kappa shape index (κ3) is 2.64. The van der Waals surface area contributed by atoms with Crippen molar-refractivity contribution in [2.24, 2.45) is 11.8 Å². The topological polar surface area (TPSA) is 84.8 Å². The Hall–Kier alpha value is -1.60. The molecule has 0 saturated carbocycles. The third-order valence-corrected chi connectivity index (χ3v) is 3.85. The van der Waals surface area contributed by atoms with E-state index in [9.17, 15) is 4.79 Å². The number of piperidine rings is 1. The van der Waals surface area contributed by atoms with Gasteiger partial charge in [-0.1, -0.05) is 11.6 Å². The molecule has 2 bridgehead atoms. The summed E-state index contributed by atoms with van der Waals surface area (Å²) in [5.74, 6) is 0.426. The van der Waals surface area contributed by atoms with Gasteiger partial charge in [0.05, 0.1) is 13.2 Å². The lowest BCUT2D eigenvalue weighted by Crippen LogP contribution is -2.58. The van der Waals surface area contributed by atoms with Crippen molar-refractivity contribution < 1.29 is 19.4 Å². The molecule has 2 atom stereocenters. The highest BCUT2D eigenvalue weighted by atomic mass is 35.5. The fraction of sp³-hybridized carbons (Fsp3) is 0.583. The largest absolute Gasteiger partial charge is 0.473 e. The Labute approximate surface area is 120 Å². The molecule has 0 aliphatic carbocycles. The highest BCUT2D eigenvalue weighted by Gasteiger charge is 2.43. The van der Waals surface area contributed by atoms with Crippen LogP contribution in [0.3, 0.4) is 0 Å². The summed E-state index contributed by atoms with van der Waals surface area (Å²) in [5, 5.41) is 9.43. The zero-order valence-corrected chi connectivity index (χ0v) is 11.4. The molecule has 2 aliphatic heterocycles. The van der Waals surface area contributed by atoms with E-state index in [1.165, 1.54) is 11.2 Å². The number of halogens is 1. The summed E-state index contributed by atoms with van der Waals surface area (Å²) >= 11 is 5.81. The molecule has 3 rings (SSSR count). The van der Waals surface area contributed by atoms with Gasteiger partial charge in [-0.25, -0.2) is 14.8 Å². The molecule has 8 heteroatoms. The normalized spacial score (nSPS) is 29.1. The molecule has 1 aromatic rings. The van der Waals surface area contributed by atoms with Crippen molar-refractivity contribution >= 4 is 17.7 Å². The van der Waals surface area contributed by atoms with Crippen molar-refractivity contribution in [3.8, 4) is 5.88 Å². The van der Waals surface area contributed by atoms with Crippen LogP contribution in [0.1, 0.15) is 0 Å². The minimum absolute atomic E-state index is 0.00680. The first-order valence-electron chi connectivity index (χ1n) is 6.33. The molecular weight excluding hydrogens is 286 g/mol. The van der Waals surface area contributed by atoms with E-state index in [4.69, 9.17) is 26.2 Å². The summed E-state index contributed by atoms with van der Waals surface area (Å²) in [7, 11) is 0. The van der Waals surface area contributed by atoms with Crippen LogP contribution >= 0.6 is 11.6 Å². The molecule has 7 nitrogen and oxygen atoms in total. The zero-order valence-electron chi connectivity index (χ0n) is 10.6. The van der Waals surface area contributed by atoms with Crippen molar-refractivity contribution in [3.05, 3.63) is 17.5 Å². The molecule has 0 radical (unpaired) electrons. The van der Waals surface area contributed by atoms with Crippen molar-refractivity contribution in [1.82, 2.24) is 14.9 Å². The lowest BCUT2D eigenvalue weighted by Gasteiger charge is -2.45. The summed E-state index contributed by atoms with van der Waals surface area (Å²) in [4.78, 5) is 20.4. The summed E-state index contributed by atoms with van der Waals surface area (Å²) in [6, 6.07) is 1.56. The molecule has 1 amide bonds. The first kappa shape index (κ1) is 13.4. The number of fused-ring (bicyclic) bond motifs is 2. The third-order valence-electron chi connectivity index (χ3n) is 3.64. The van der Waals surface area contributed by atoms with Crippen LogP contribution in [-0.4, -0.2) is 58.5 Å². The van der Waals surface area contributed by atoms with Crippen molar-refractivity contribution in [3.63, 3.8) is 0 Å². The number of rotatable bonds is 2. The minimum atomic E-state index is -0.898. The van der Waals surface area contributed by atoms with Gasteiger partial charge in [0.1, 0.15) is 17.6 Å². The van der Waals surface area contributed by atoms with Crippen LogP contribution in [-0.2, 0) is 4.74 Å². The summed E-state index contributed by atoms with van der Waals surface area (Å²) in [6.07, 6.45) is 0.340. The lowest BCUT2D eigenvalue weighted by atomic mass is 9.85. The van der Waals surface area contributed by atoms with Gasteiger partial charge in [-0.2, -0.15) is 0 Å². The first-order valence-corrected chi connectivity index (χ1v) is 6.71. The molecule has 20 heavy (non-hydrogen) atoms. The van der Waals surface area contributed by atoms with Gasteiger partial charge < -0.3 is 19.5 Å². The smallest absolute Gasteiger partial charge is 0.407 e. The maximum absolute atomic E-state index is 11.1. The molecule has 2 fully saturated rings. The minimum Gasteiger partial charge on any atom is -0.473 e. The second-order valence-corrected chi connectivity index (χ2v) is 5.39. The molecule has 3 heterocycles. The number of carbonyl (C=O) groups is 1. The van der Waals surface area contributed by atoms with Crippen molar-refractivity contribution in [2.45, 2.75) is 6.10 Å². The Morgan fingerprint density at radius 3 is 2.70 bits per heavy atom. The van der Waals surface area contributed by atoms with Gasteiger partial charge in [-0.05, 0) is 0 Å². The van der Waals surface area contributed by atoms with Crippen LogP contribution in [0.15, 0.2) is 12.4 Å². The molecule has 1 N–H and O–H groups in total. The maximum Gasteiger partial charge on any atom is 0.407 e. The van der Waals surface area contributed by atoms with E-state index < -0.39 is 6.09 Å². The molecule has 108 valence electrons. The van der Waals surface area contributed by atoms with Crippen molar-refractivity contribution in [1.29, 1.82) is 0 Å². The monoisotopic (exact) mass is 299 g/mol. The Kier molecular flexibility index (Phi) is 3.62. The van der Waals surface area contributed by atoms with Crippen LogP contribution in [0.25, 0.3) is 0 Å². The summed E-state index contributed by atoms with van der Waals surface area (Å²) in [6.45, 7) is 1.80. The number of hydrogen-bond acceptors (Lipinski definition) is 5. The van der Waals surface area contributed by atoms with Crippen LogP contribution in [0.2, 0.25) is 5.15 Å². The Morgan fingerprint density at radius 1 is 1.40 bits per heavy atom. The SMILES string of the molecule is O=C(O)N1CC2COCC(C1)C2Oc1cc(Cl)ncn1. The molecule has 2 unspecified atom stereocenters. The number of likely N-dealkylation sites (tertiary alicyclic amines) is 1. The number of hydrogen-bond donors (Lipinski definition) is 1. The average molecular weight is 300 g/mol. The van der Waals surface area contributed by atoms with Crippen molar-refractivity contribution in [2.75, 3.05) is 26.3 Å². The zero-order chi connectivity index (χ0) is 14.1. The Balaban J connectivity index is 1.75. The molecule has 0 aromatic carbocycles. The van der Waals surface area contributed by atoms with E-state index >= 15 is 0 Å². The average Bonchev–Trinajstić information content (AvgIpc) is 2.38. The standard InChI is InChI=1S/C12H14ClN3O4/c13-9-1-10(15-6-14-9)20-11-7-2-16(12(17)18)3-8(11)5-19-4-7/h1,6-8,11H,2-5H2,(H,17,18). The highest BCUT2D eigenvalue weighted by molar-refractivity contribution is 6.29. The molecule has 1 aromatic heterocycles. The quantitative estimate of drug-likeness (QED) is 0.824. The van der Waals surface area contributed by atoms with Crippen LogP contribution in [0, 0.1) is 11.8 Å². The molecule has 2 aliphatic rings. The summed E-state index contributed by atoms with van der Waals surface area (Å²) in [5.41, 5.74) is 0. The van der Waals surface area contributed by atoms with Crippen LogP contribution in [0.4, 0.5) is 4.79 Å². The van der Waals surface area contributed by atoms with Gasteiger partial charge in [-0.3, -0.25) is 0 Å². The summed E-state index contributed by atoms with van der Waals surface area (Å²) < 4.78 is 11.4. The predicted molar refractivity (Wildman–Crippen MR) is 68.9 cm³/mol. The maximum atomic E-state index is 11.1. The molecule has 0 spiro atoms. The fourth-order valence-electron chi connectivity index (χ4n) is 2.77. The van der Waals surface area contributed by atoms with Gasteiger partial charge in [-0.15, -0.1) is 0 Å². The van der Waals surface area contributed by atoms with Gasteiger partial charge in [0, 0.05) is 31.0 Å². The first-order chi connectivity index (χ1) is 9.63. The number of amides is 1. The van der Waals surface area contributed by atoms with Gasteiger partial charge in [0.15, 0.2) is 0 Å². The molecular formula is C12H14ClN3O4. The molecule has 2 saturated heterocycles. The van der Waals surface area contributed by atoms with E-state index in [-0.39, 0.29) is 17.9 Å². The van der Waals surface area contributed by atoms with E-state index in [1.54, 1.807) is 6.07 Å². The Morgan fingerprint density at radius 2 is 2.10 bits per heavy atom. The fourth-order valence-corrected chi connectivity index (χ4v) is 2.91. The van der Waals surface area contributed by atoms with E-state index in [0.717, 1.165) is 0 Å². The second kappa shape index (κ2) is 5.41. The van der Waals surface area contributed by atoms with Crippen LogP contribution < -0.4 is 4.74 Å². The van der Waals surface area contributed by atoms with E-state index in [2.05, 4.69) is 9.97 Å². The second-order valence-electron chi connectivity index (χ2n) is 5.01. The van der Waals surface area contributed by atoms with Crippen LogP contribution in [0.5, 0.6) is 5.88 Å². The van der Waals surface area contributed by atoms with Gasteiger partial charge in [0.2, 0.25) is 5.88 Å². The lowest BCUT2D eigenvalue weighted by molar-refractivity contribution is -0.108. The Bertz CT molecular complexity index is 501. The number of nitrogens with zero attached hydrogens (tertiary/aromatic N) is 3. The van der Waals surface area contributed by atoms with Gasteiger partial charge in [0.25, 0.3) is 0 Å².